The molecule has 2 N–H and O–H groups in total. The van der Waals surface area contributed by atoms with E-state index < -0.39 is 0 Å². The van der Waals surface area contributed by atoms with Crippen molar-refractivity contribution in [3.05, 3.63) is 42.5 Å². The third-order valence-electron chi connectivity index (χ3n) is 3.14. The predicted octanol–water partition coefficient (Wildman–Crippen LogP) is 3.27. The molecule has 3 aromatic rings. The van der Waals surface area contributed by atoms with Gasteiger partial charge in [0.05, 0.1) is 6.20 Å². The molecule has 3 rings (SSSR count). The molecule has 0 saturated heterocycles. The normalized spacial score (nSPS) is 11.8. The fourth-order valence-electron chi connectivity index (χ4n) is 1.94. The van der Waals surface area contributed by atoms with Crippen LogP contribution < -0.4 is 5.73 Å². The fraction of sp³-hybridized carbons (Fsp3) is 0.267. The van der Waals surface area contributed by atoms with Gasteiger partial charge in [-0.1, -0.05) is 39.0 Å². The Morgan fingerprint density at radius 2 is 1.95 bits per heavy atom. The summed E-state index contributed by atoms with van der Waals surface area (Å²) in [5.41, 5.74) is 8.63. The Labute approximate surface area is 127 Å². The van der Waals surface area contributed by atoms with Gasteiger partial charge in [-0.15, -0.1) is 0 Å². The molecule has 0 spiro atoms. The number of hydrogen-bond donors (Lipinski definition) is 1. The highest BCUT2D eigenvalue weighted by molar-refractivity contribution is 7.08. The summed E-state index contributed by atoms with van der Waals surface area (Å²) in [6, 6.07) is 7.75. The maximum absolute atomic E-state index is 6.00. The Balaban J connectivity index is 1.96. The molecule has 0 fully saturated rings. The summed E-state index contributed by atoms with van der Waals surface area (Å²) in [7, 11) is 0. The second-order valence-electron chi connectivity index (χ2n) is 5.91. The number of nitrogen functional groups attached to an aromatic ring is 1. The van der Waals surface area contributed by atoms with Crippen LogP contribution in [-0.4, -0.2) is 19.1 Å². The van der Waals surface area contributed by atoms with Crippen molar-refractivity contribution in [2.45, 2.75) is 26.2 Å². The first-order valence-corrected chi connectivity index (χ1v) is 7.46. The minimum Gasteiger partial charge on any atom is -0.398 e. The zero-order valence-corrected chi connectivity index (χ0v) is 13.1. The summed E-state index contributed by atoms with van der Waals surface area (Å²) in [6.07, 6.45) is 3.72. The van der Waals surface area contributed by atoms with E-state index in [1.807, 2.05) is 30.5 Å². The Kier molecular flexibility index (Phi) is 3.25. The molecular weight excluding hydrogens is 282 g/mol. The summed E-state index contributed by atoms with van der Waals surface area (Å²) in [5, 5.41) is 5.13. The van der Waals surface area contributed by atoms with E-state index in [2.05, 4.69) is 35.2 Å². The molecule has 2 aromatic heterocycles. The lowest BCUT2D eigenvalue weighted by molar-refractivity contribution is 0.553. The average Bonchev–Trinajstić information content (AvgIpc) is 3.07. The van der Waals surface area contributed by atoms with Crippen molar-refractivity contribution >= 4 is 17.2 Å². The van der Waals surface area contributed by atoms with Gasteiger partial charge in [0.15, 0.2) is 0 Å². The van der Waals surface area contributed by atoms with Crippen LogP contribution >= 0.6 is 11.5 Å². The standard InChI is InChI=1S/C15H17N5S/c1-15(2,3)13-18-14(21-19-13)20-9-10(8-17-20)11-6-4-5-7-12(11)16/h4-9H,16H2,1-3H3. The van der Waals surface area contributed by atoms with E-state index in [-0.39, 0.29) is 5.41 Å². The molecule has 0 aliphatic rings. The molecule has 2 heterocycles. The maximum atomic E-state index is 6.00. The molecule has 5 nitrogen and oxygen atoms in total. The Morgan fingerprint density at radius 3 is 2.62 bits per heavy atom. The molecule has 21 heavy (non-hydrogen) atoms. The van der Waals surface area contributed by atoms with Gasteiger partial charge < -0.3 is 5.73 Å². The molecule has 0 saturated carbocycles. The monoisotopic (exact) mass is 299 g/mol. The van der Waals surface area contributed by atoms with Crippen molar-refractivity contribution in [2.24, 2.45) is 0 Å². The fourth-order valence-corrected chi connectivity index (χ4v) is 2.73. The van der Waals surface area contributed by atoms with Crippen LogP contribution in [0.1, 0.15) is 26.6 Å². The summed E-state index contributed by atoms with van der Waals surface area (Å²) in [6.45, 7) is 6.29. The van der Waals surface area contributed by atoms with E-state index in [4.69, 9.17) is 5.73 Å². The highest BCUT2D eigenvalue weighted by Crippen LogP contribution is 2.27. The summed E-state index contributed by atoms with van der Waals surface area (Å²) in [4.78, 5) is 4.56. The van der Waals surface area contributed by atoms with E-state index in [1.54, 1.807) is 10.9 Å². The number of hydrogen-bond acceptors (Lipinski definition) is 5. The molecule has 1 aromatic carbocycles. The lowest BCUT2D eigenvalue weighted by atomic mass is 9.96. The first-order chi connectivity index (χ1) is 9.95. The van der Waals surface area contributed by atoms with Gasteiger partial charge in [0.25, 0.3) is 0 Å². The SMILES string of the molecule is CC(C)(C)c1nsc(-n2cc(-c3ccccc3N)cn2)n1. The van der Waals surface area contributed by atoms with Gasteiger partial charge in [0, 0.05) is 40.0 Å². The smallest absolute Gasteiger partial charge is 0.230 e. The van der Waals surface area contributed by atoms with Crippen LogP contribution in [0, 0.1) is 0 Å². The van der Waals surface area contributed by atoms with Crippen LogP contribution in [0.2, 0.25) is 0 Å². The number of nitrogens with zero attached hydrogens (tertiary/aromatic N) is 4. The van der Waals surface area contributed by atoms with E-state index in [0.29, 0.717) is 0 Å². The van der Waals surface area contributed by atoms with Crippen LogP contribution in [0.3, 0.4) is 0 Å². The van der Waals surface area contributed by atoms with Crippen molar-refractivity contribution in [3.8, 4) is 16.3 Å². The third kappa shape index (κ3) is 2.67. The minimum absolute atomic E-state index is 0.0609. The van der Waals surface area contributed by atoms with Gasteiger partial charge in [-0.25, -0.2) is 9.67 Å². The Morgan fingerprint density at radius 1 is 1.19 bits per heavy atom. The number of nitrogens with two attached hydrogens (primary N) is 1. The van der Waals surface area contributed by atoms with Gasteiger partial charge in [-0.2, -0.15) is 9.47 Å². The Bertz CT molecular complexity index is 766. The van der Waals surface area contributed by atoms with Crippen molar-refractivity contribution in [1.29, 1.82) is 0 Å². The van der Waals surface area contributed by atoms with Crippen LogP contribution in [0.25, 0.3) is 16.3 Å². The van der Waals surface area contributed by atoms with Gasteiger partial charge in [0.2, 0.25) is 5.13 Å². The van der Waals surface area contributed by atoms with E-state index in [0.717, 1.165) is 27.8 Å². The quantitative estimate of drug-likeness (QED) is 0.737. The number of aromatic nitrogens is 4. The van der Waals surface area contributed by atoms with E-state index >= 15 is 0 Å². The van der Waals surface area contributed by atoms with Gasteiger partial charge >= 0.3 is 0 Å². The van der Waals surface area contributed by atoms with Crippen molar-refractivity contribution in [2.75, 3.05) is 5.73 Å². The van der Waals surface area contributed by atoms with Crippen LogP contribution in [0.4, 0.5) is 5.69 Å². The van der Waals surface area contributed by atoms with Gasteiger partial charge in [-0.3, -0.25) is 0 Å². The number of benzene rings is 1. The average molecular weight is 299 g/mol. The van der Waals surface area contributed by atoms with Gasteiger partial charge in [-0.05, 0) is 6.07 Å². The lowest BCUT2D eigenvalue weighted by Crippen LogP contribution is -2.13. The summed E-state index contributed by atoms with van der Waals surface area (Å²) < 4.78 is 6.15. The topological polar surface area (TPSA) is 69.6 Å². The number of rotatable bonds is 2. The van der Waals surface area contributed by atoms with E-state index in [9.17, 15) is 0 Å². The third-order valence-corrected chi connectivity index (χ3v) is 3.84. The predicted molar refractivity (Wildman–Crippen MR) is 85.6 cm³/mol. The second-order valence-corrected chi connectivity index (χ2v) is 6.64. The molecule has 0 aliphatic carbocycles. The lowest BCUT2D eigenvalue weighted by Gasteiger charge is -2.11. The molecular formula is C15H17N5S. The molecule has 0 unspecified atom stereocenters. The van der Waals surface area contributed by atoms with Crippen molar-refractivity contribution in [3.63, 3.8) is 0 Å². The molecule has 0 amide bonds. The zero-order chi connectivity index (χ0) is 15.0. The maximum Gasteiger partial charge on any atom is 0.230 e. The van der Waals surface area contributed by atoms with Crippen molar-refractivity contribution < 1.29 is 0 Å². The zero-order valence-electron chi connectivity index (χ0n) is 12.2. The minimum atomic E-state index is -0.0609. The molecule has 108 valence electrons. The Hall–Kier alpha value is -2.21. The summed E-state index contributed by atoms with van der Waals surface area (Å²) >= 11 is 1.35. The van der Waals surface area contributed by atoms with Crippen LogP contribution in [0.15, 0.2) is 36.7 Å². The largest absolute Gasteiger partial charge is 0.398 e. The van der Waals surface area contributed by atoms with Crippen molar-refractivity contribution in [1.82, 2.24) is 19.1 Å². The van der Waals surface area contributed by atoms with Gasteiger partial charge in [0.1, 0.15) is 5.82 Å². The molecule has 0 atom stereocenters. The van der Waals surface area contributed by atoms with Crippen LogP contribution in [0.5, 0.6) is 0 Å². The highest BCUT2D eigenvalue weighted by atomic mass is 32.1. The first-order valence-electron chi connectivity index (χ1n) is 6.69. The highest BCUT2D eigenvalue weighted by Gasteiger charge is 2.20. The molecule has 0 aliphatic heterocycles. The van der Waals surface area contributed by atoms with E-state index in [1.165, 1.54) is 11.5 Å². The molecule has 0 radical (unpaired) electrons. The van der Waals surface area contributed by atoms with Crippen LogP contribution in [-0.2, 0) is 5.41 Å². The number of anilines is 1. The first kappa shape index (κ1) is 13.8. The summed E-state index contributed by atoms with van der Waals surface area (Å²) in [5.74, 6) is 0.832. The molecule has 6 heteroatoms. The molecule has 0 bridgehead atoms. The second kappa shape index (κ2) is 4.96. The number of para-hydroxylation sites is 1.